The molecule has 1 nitrogen and oxygen atoms in total. The third-order valence-electron chi connectivity index (χ3n) is 2.41. The first-order chi connectivity index (χ1) is 8.05. The Morgan fingerprint density at radius 2 is 1.88 bits per heavy atom. The molecular weight excluding hydrogens is 220 g/mol. The van der Waals surface area contributed by atoms with E-state index < -0.39 is 5.92 Å². The van der Waals surface area contributed by atoms with Gasteiger partial charge in [0.25, 0.3) is 5.92 Å². The molecule has 0 N–H and O–H groups in total. The highest BCUT2D eigenvalue weighted by atomic mass is 19.3. The second-order valence-corrected chi connectivity index (χ2v) is 3.94. The van der Waals surface area contributed by atoms with Crippen LogP contribution in [0.3, 0.4) is 0 Å². The van der Waals surface area contributed by atoms with Gasteiger partial charge < -0.3 is 0 Å². The van der Waals surface area contributed by atoms with E-state index in [2.05, 4.69) is 4.98 Å². The Bertz CT molecular complexity index is 489. The van der Waals surface area contributed by atoms with Gasteiger partial charge in [0.2, 0.25) is 0 Å². The Labute approximate surface area is 99.1 Å². The number of benzene rings is 1. The molecule has 0 fully saturated rings. The fraction of sp³-hybridized carbons (Fsp3) is 0.143. The molecule has 87 valence electrons. The highest BCUT2D eigenvalue weighted by Gasteiger charge is 2.23. The molecule has 1 aromatic heterocycles. The van der Waals surface area contributed by atoms with Crippen LogP contribution in [0.15, 0.2) is 48.8 Å². The quantitative estimate of drug-likeness (QED) is 0.784. The van der Waals surface area contributed by atoms with Crippen molar-refractivity contribution in [1.29, 1.82) is 0 Å². The number of hydrogen-bond donors (Lipinski definition) is 0. The number of nitrogens with zero attached hydrogens (tertiary/aromatic N) is 1. The van der Waals surface area contributed by atoms with Gasteiger partial charge in [-0.25, -0.2) is 8.78 Å². The lowest BCUT2D eigenvalue weighted by Crippen LogP contribution is -2.07. The van der Waals surface area contributed by atoms with Crippen molar-refractivity contribution in [2.24, 2.45) is 0 Å². The molecule has 0 bridgehead atoms. The Hall–Kier alpha value is -1.77. The molecule has 0 aliphatic carbocycles. The first kappa shape index (κ1) is 11.7. The summed E-state index contributed by atoms with van der Waals surface area (Å²) in [5.41, 5.74) is 1.66. The van der Waals surface area contributed by atoms with Gasteiger partial charge in [-0.3, -0.25) is 4.98 Å². The van der Waals surface area contributed by atoms with Gasteiger partial charge in [-0.05, 0) is 23.3 Å². The first-order valence-electron chi connectivity index (χ1n) is 5.29. The van der Waals surface area contributed by atoms with Gasteiger partial charge in [-0.15, -0.1) is 0 Å². The Kier molecular flexibility index (Phi) is 3.18. The average molecular weight is 232 g/mol. The number of hydrogen-bond acceptors (Lipinski definition) is 1. The van der Waals surface area contributed by atoms with Gasteiger partial charge in [-0.1, -0.05) is 24.3 Å². The van der Waals surface area contributed by atoms with Gasteiger partial charge in [-0.2, -0.15) is 0 Å². The van der Waals surface area contributed by atoms with Gasteiger partial charge in [0.1, 0.15) is 0 Å². The predicted molar refractivity (Wildman–Crippen MR) is 62.8 cm³/mol. The zero-order chi connectivity index (χ0) is 12.3. The Morgan fingerprint density at radius 3 is 2.53 bits per heavy atom. The van der Waals surface area contributed by atoms with Crippen molar-refractivity contribution in [2.45, 2.75) is 12.8 Å². The van der Waals surface area contributed by atoms with Crippen LogP contribution in [0.1, 0.15) is 23.6 Å². The lowest BCUT2D eigenvalue weighted by atomic mass is 10.0. The molecule has 0 amide bonds. The van der Waals surface area contributed by atoms with E-state index in [1.807, 2.05) is 18.6 Å². The highest BCUT2D eigenvalue weighted by Crippen LogP contribution is 2.28. The largest absolute Gasteiger partial charge is 0.270 e. The monoisotopic (exact) mass is 232 g/mol. The molecule has 0 saturated heterocycles. The lowest BCUT2D eigenvalue weighted by molar-refractivity contribution is 0.0174. The molecule has 0 atom stereocenters. The van der Waals surface area contributed by atoms with E-state index in [4.69, 9.17) is 0 Å². The molecule has 0 saturated carbocycles. The summed E-state index contributed by atoms with van der Waals surface area (Å²) in [4.78, 5) is 3.97. The fourth-order valence-corrected chi connectivity index (χ4v) is 1.56. The standard InChI is InChI=1S/C14H12F2N/c1-14(15,16)13-6-2-4-11(9-13)8-12-5-3-7-17-10-12/h2-10H,1H3. The summed E-state index contributed by atoms with van der Waals surface area (Å²) in [6.07, 6.45) is 5.19. The van der Waals surface area contributed by atoms with E-state index in [0.29, 0.717) is 0 Å². The van der Waals surface area contributed by atoms with Crippen molar-refractivity contribution in [1.82, 2.24) is 4.98 Å². The second-order valence-electron chi connectivity index (χ2n) is 3.94. The second kappa shape index (κ2) is 4.62. The molecule has 1 radical (unpaired) electrons. The van der Waals surface area contributed by atoms with Gasteiger partial charge >= 0.3 is 0 Å². The van der Waals surface area contributed by atoms with E-state index in [1.165, 1.54) is 12.1 Å². The summed E-state index contributed by atoms with van der Waals surface area (Å²) in [7, 11) is 0. The van der Waals surface area contributed by atoms with Crippen LogP contribution in [-0.2, 0) is 5.92 Å². The Balaban J connectivity index is 2.23. The van der Waals surface area contributed by atoms with E-state index in [-0.39, 0.29) is 5.56 Å². The minimum atomic E-state index is -2.81. The maximum absolute atomic E-state index is 13.1. The molecule has 0 unspecified atom stereocenters. The van der Waals surface area contributed by atoms with Crippen LogP contribution in [0.25, 0.3) is 0 Å². The van der Waals surface area contributed by atoms with Crippen LogP contribution >= 0.6 is 0 Å². The number of aromatic nitrogens is 1. The number of pyridine rings is 1. The zero-order valence-corrected chi connectivity index (χ0v) is 9.40. The van der Waals surface area contributed by atoms with Crippen LogP contribution in [0.2, 0.25) is 0 Å². The van der Waals surface area contributed by atoms with Gasteiger partial charge in [0.15, 0.2) is 0 Å². The van der Waals surface area contributed by atoms with Crippen molar-refractivity contribution in [2.75, 3.05) is 0 Å². The van der Waals surface area contributed by atoms with E-state index in [0.717, 1.165) is 18.1 Å². The first-order valence-corrected chi connectivity index (χ1v) is 5.29. The molecule has 1 heterocycles. The van der Waals surface area contributed by atoms with Crippen molar-refractivity contribution < 1.29 is 8.78 Å². The molecule has 0 spiro atoms. The van der Waals surface area contributed by atoms with Crippen molar-refractivity contribution >= 4 is 0 Å². The van der Waals surface area contributed by atoms with E-state index in [9.17, 15) is 8.78 Å². The molecule has 17 heavy (non-hydrogen) atoms. The van der Waals surface area contributed by atoms with Gasteiger partial charge in [0.05, 0.1) is 0 Å². The molecule has 1 aromatic carbocycles. The fourth-order valence-electron chi connectivity index (χ4n) is 1.56. The minimum absolute atomic E-state index is 0.0233. The lowest BCUT2D eigenvalue weighted by Gasteiger charge is -2.11. The SMILES string of the molecule is CC(F)(F)c1cccc([CH]c2cccnc2)c1. The molecule has 0 aliphatic heterocycles. The molecule has 0 aliphatic rings. The van der Waals surface area contributed by atoms with Gasteiger partial charge in [0, 0.05) is 31.3 Å². The minimum Gasteiger partial charge on any atom is -0.264 e. The van der Waals surface area contributed by atoms with Crippen LogP contribution in [0, 0.1) is 6.42 Å². The topological polar surface area (TPSA) is 12.9 Å². The summed E-state index contributed by atoms with van der Waals surface area (Å²) in [5, 5.41) is 0. The highest BCUT2D eigenvalue weighted by molar-refractivity contribution is 5.38. The third kappa shape index (κ3) is 3.09. The summed E-state index contributed by atoms with van der Waals surface area (Å²) in [6.45, 7) is 0.899. The number of rotatable bonds is 3. The van der Waals surface area contributed by atoms with Crippen LogP contribution in [0.5, 0.6) is 0 Å². The molecule has 2 rings (SSSR count). The normalized spacial score (nSPS) is 11.5. The smallest absolute Gasteiger partial charge is 0.264 e. The third-order valence-corrected chi connectivity index (χ3v) is 2.41. The van der Waals surface area contributed by atoms with Crippen molar-refractivity contribution in [3.63, 3.8) is 0 Å². The number of alkyl halides is 2. The Morgan fingerprint density at radius 1 is 1.12 bits per heavy atom. The maximum Gasteiger partial charge on any atom is 0.270 e. The molecular formula is C14H12F2N. The van der Waals surface area contributed by atoms with Crippen LogP contribution in [-0.4, -0.2) is 4.98 Å². The summed E-state index contributed by atoms with van der Waals surface area (Å²) < 4.78 is 26.3. The maximum atomic E-state index is 13.1. The summed E-state index contributed by atoms with van der Waals surface area (Å²) in [6, 6.07) is 10.0. The average Bonchev–Trinajstić information content (AvgIpc) is 2.29. The van der Waals surface area contributed by atoms with E-state index in [1.54, 1.807) is 24.5 Å². The molecule has 3 heteroatoms. The van der Waals surface area contributed by atoms with Crippen molar-refractivity contribution in [3.8, 4) is 0 Å². The summed E-state index contributed by atoms with van der Waals surface area (Å²) >= 11 is 0. The molecule has 2 aromatic rings. The van der Waals surface area contributed by atoms with E-state index >= 15 is 0 Å². The number of halogens is 2. The van der Waals surface area contributed by atoms with Crippen LogP contribution < -0.4 is 0 Å². The summed E-state index contributed by atoms with van der Waals surface area (Å²) in [5.74, 6) is -2.81. The van der Waals surface area contributed by atoms with Crippen molar-refractivity contribution in [3.05, 3.63) is 71.9 Å². The zero-order valence-electron chi connectivity index (χ0n) is 9.40. The predicted octanol–water partition coefficient (Wildman–Crippen LogP) is 3.79. The van der Waals surface area contributed by atoms with Crippen LogP contribution in [0.4, 0.5) is 8.78 Å².